The zero-order chi connectivity index (χ0) is 16.1. The number of esters is 1. The molecule has 1 aromatic carbocycles. The number of benzene rings is 1. The number of anilines is 1. The van der Waals surface area contributed by atoms with E-state index >= 15 is 0 Å². The predicted octanol–water partition coefficient (Wildman–Crippen LogP) is 1.67. The van der Waals surface area contributed by atoms with Crippen LogP contribution in [0.25, 0.3) is 0 Å². The Labute approximate surface area is 129 Å². The molecule has 2 rings (SSSR count). The topological polar surface area (TPSA) is 75.7 Å². The third-order valence-corrected chi connectivity index (χ3v) is 3.81. The Hall–Kier alpha value is -2.37. The van der Waals surface area contributed by atoms with Crippen LogP contribution < -0.4 is 5.32 Å². The summed E-state index contributed by atoms with van der Waals surface area (Å²) in [6.07, 6.45) is 1.61. The fourth-order valence-electron chi connectivity index (χ4n) is 2.53. The maximum Gasteiger partial charge on any atom is 0.337 e. The lowest BCUT2D eigenvalue weighted by Gasteiger charge is -2.31. The zero-order valence-corrected chi connectivity index (χ0v) is 12.8. The van der Waals surface area contributed by atoms with Crippen molar-refractivity contribution >= 4 is 23.5 Å². The van der Waals surface area contributed by atoms with Gasteiger partial charge in [0.1, 0.15) is 0 Å². The molecule has 1 aliphatic rings. The number of nitrogens with one attached hydrogen (secondary N) is 1. The summed E-state index contributed by atoms with van der Waals surface area (Å²) in [5, 5.41) is 2.83. The first-order valence-electron chi connectivity index (χ1n) is 7.26. The van der Waals surface area contributed by atoms with Crippen molar-refractivity contribution in [2.45, 2.75) is 19.8 Å². The number of piperidine rings is 1. The summed E-state index contributed by atoms with van der Waals surface area (Å²) in [6.45, 7) is 2.69. The summed E-state index contributed by atoms with van der Waals surface area (Å²) in [5.41, 5.74) is 1.05. The van der Waals surface area contributed by atoms with Gasteiger partial charge in [-0.05, 0) is 37.1 Å². The molecule has 1 aliphatic heterocycles. The van der Waals surface area contributed by atoms with Gasteiger partial charge in [-0.15, -0.1) is 0 Å². The molecule has 0 saturated carbocycles. The minimum Gasteiger partial charge on any atom is -0.465 e. The lowest BCUT2D eigenvalue weighted by Crippen LogP contribution is -2.42. The van der Waals surface area contributed by atoms with Crippen molar-refractivity contribution in [3.8, 4) is 0 Å². The highest BCUT2D eigenvalue weighted by Crippen LogP contribution is 2.19. The van der Waals surface area contributed by atoms with Crippen LogP contribution in [0.15, 0.2) is 24.3 Å². The summed E-state index contributed by atoms with van der Waals surface area (Å²) < 4.78 is 4.62. The third-order valence-electron chi connectivity index (χ3n) is 3.81. The average Bonchev–Trinajstić information content (AvgIpc) is 2.54. The molecule has 22 heavy (non-hydrogen) atoms. The lowest BCUT2D eigenvalue weighted by molar-refractivity contribution is -0.132. The Morgan fingerprint density at radius 2 is 1.91 bits per heavy atom. The van der Waals surface area contributed by atoms with Crippen LogP contribution in [0.5, 0.6) is 0 Å². The number of hydrogen-bond donors (Lipinski definition) is 1. The van der Waals surface area contributed by atoms with Gasteiger partial charge in [0.25, 0.3) is 0 Å². The Morgan fingerprint density at radius 1 is 1.23 bits per heavy atom. The molecule has 0 aliphatic carbocycles. The van der Waals surface area contributed by atoms with Crippen molar-refractivity contribution in [1.82, 2.24) is 4.90 Å². The van der Waals surface area contributed by atoms with E-state index < -0.39 is 5.97 Å². The molecule has 0 bridgehead atoms. The summed E-state index contributed by atoms with van der Waals surface area (Å²) in [4.78, 5) is 36.7. The Bertz CT molecular complexity index is 568. The number of nitrogens with zero attached hydrogens (tertiary/aromatic N) is 1. The van der Waals surface area contributed by atoms with Crippen LogP contribution in [0.4, 0.5) is 5.69 Å². The maximum atomic E-state index is 12.3. The molecule has 0 radical (unpaired) electrons. The molecule has 1 heterocycles. The summed E-state index contributed by atoms with van der Waals surface area (Å²) in [7, 11) is 1.32. The van der Waals surface area contributed by atoms with Gasteiger partial charge in [-0.25, -0.2) is 4.79 Å². The van der Waals surface area contributed by atoms with Crippen molar-refractivity contribution in [3.05, 3.63) is 29.8 Å². The van der Waals surface area contributed by atoms with Crippen LogP contribution in [0, 0.1) is 5.92 Å². The highest BCUT2D eigenvalue weighted by molar-refractivity contribution is 5.94. The minimum absolute atomic E-state index is 0.0000640. The van der Waals surface area contributed by atoms with E-state index in [9.17, 15) is 14.4 Å². The van der Waals surface area contributed by atoms with Crippen molar-refractivity contribution in [1.29, 1.82) is 0 Å². The third kappa shape index (κ3) is 3.84. The van der Waals surface area contributed by atoms with E-state index in [1.165, 1.54) is 14.0 Å². The molecular weight excluding hydrogens is 284 g/mol. The van der Waals surface area contributed by atoms with E-state index in [1.54, 1.807) is 29.2 Å². The molecule has 1 aromatic rings. The quantitative estimate of drug-likeness (QED) is 0.862. The van der Waals surface area contributed by atoms with E-state index in [2.05, 4.69) is 10.1 Å². The number of ether oxygens (including phenoxy) is 1. The minimum atomic E-state index is -0.415. The SMILES string of the molecule is COC(=O)c1ccc(NC(=O)C2CCCN(C(C)=O)C2)cc1. The van der Waals surface area contributed by atoms with Crippen LogP contribution in [-0.2, 0) is 14.3 Å². The van der Waals surface area contributed by atoms with Gasteiger partial charge in [0, 0.05) is 25.7 Å². The summed E-state index contributed by atoms with van der Waals surface area (Å²) >= 11 is 0. The largest absolute Gasteiger partial charge is 0.465 e. The molecule has 2 amide bonds. The maximum absolute atomic E-state index is 12.3. The van der Waals surface area contributed by atoms with Crippen molar-refractivity contribution in [3.63, 3.8) is 0 Å². The molecule has 1 fully saturated rings. The highest BCUT2D eigenvalue weighted by atomic mass is 16.5. The van der Waals surface area contributed by atoms with Crippen molar-refractivity contribution in [2.24, 2.45) is 5.92 Å². The predicted molar refractivity (Wildman–Crippen MR) is 81.4 cm³/mol. The van der Waals surface area contributed by atoms with Gasteiger partial charge in [0.15, 0.2) is 0 Å². The molecule has 1 atom stereocenters. The number of hydrogen-bond acceptors (Lipinski definition) is 4. The van der Waals surface area contributed by atoms with Crippen LogP contribution in [0.3, 0.4) is 0 Å². The number of rotatable bonds is 3. The van der Waals surface area contributed by atoms with E-state index in [0.717, 1.165) is 12.8 Å². The monoisotopic (exact) mass is 304 g/mol. The van der Waals surface area contributed by atoms with Gasteiger partial charge < -0.3 is 15.0 Å². The second-order valence-corrected chi connectivity index (χ2v) is 5.36. The Balaban J connectivity index is 1.96. The summed E-state index contributed by atoms with van der Waals surface area (Å²) in [6, 6.07) is 6.53. The standard InChI is InChI=1S/C16H20N2O4/c1-11(19)18-9-3-4-13(10-18)15(20)17-14-7-5-12(6-8-14)16(21)22-2/h5-8,13H,3-4,9-10H2,1-2H3,(H,17,20). The molecule has 0 aromatic heterocycles. The average molecular weight is 304 g/mol. The normalized spacial score (nSPS) is 17.7. The number of carbonyl (C=O) groups is 3. The number of amides is 2. The van der Waals surface area contributed by atoms with Gasteiger partial charge in [-0.1, -0.05) is 0 Å². The van der Waals surface area contributed by atoms with E-state index in [4.69, 9.17) is 0 Å². The first-order valence-corrected chi connectivity index (χ1v) is 7.26. The molecule has 0 spiro atoms. The summed E-state index contributed by atoms with van der Waals surface area (Å²) in [5.74, 6) is -0.711. The van der Waals surface area contributed by atoms with Crippen LogP contribution >= 0.6 is 0 Å². The van der Waals surface area contributed by atoms with Gasteiger partial charge in [-0.2, -0.15) is 0 Å². The molecule has 118 valence electrons. The van der Waals surface area contributed by atoms with Gasteiger partial charge in [-0.3, -0.25) is 9.59 Å². The second kappa shape index (κ2) is 7.06. The zero-order valence-electron chi connectivity index (χ0n) is 12.8. The van der Waals surface area contributed by atoms with Gasteiger partial charge in [0.05, 0.1) is 18.6 Å². The smallest absolute Gasteiger partial charge is 0.337 e. The van der Waals surface area contributed by atoms with E-state index in [0.29, 0.717) is 24.3 Å². The molecule has 1 saturated heterocycles. The first-order chi connectivity index (χ1) is 10.5. The highest BCUT2D eigenvalue weighted by Gasteiger charge is 2.27. The Morgan fingerprint density at radius 3 is 2.50 bits per heavy atom. The number of carbonyl (C=O) groups excluding carboxylic acids is 3. The fraction of sp³-hybridized carbons (Fsp3) is 0.438. The van der Waals surface area contributed by atoms with Crippen LogP contribution in [0.1, 0.15) is 30.1 Å². The van der Waals surface area contributed by atoms with Crippen molar-refractivity contribution < 1.29 is 19.1 Å². The molecular formula is C16H20N2O4. The van der Waals surface area contributed by atoms with Crippen molar-refractivity contribution in [2.75, 3.05) is 25.5 Å². The van der Waals surface area contributed by atoms with Gasteiger partial charge >= 0.3 is 5.97 Å². The lowest BCUT2D eigenvalue weighted by atomic mass is 9.97. The van der Waals surface area contributed by atoms with Crippen LogP contribution in [0.2, 0.25) is 0 Å². The van der Waals surface area contributed by atoms with Gasteiger partial charge in [0.2, 0.25) is 11.8 Å². The molecule has 1 N–H and O–H groups in total. The molecule has 6 heteroatoms. The fourth-order valence-corrected chi connectivity index (χ4v) is 2.53. The molecule has 1 unspecified atom stereocenters. The number of likely N-dealkylation sites (tertiary alicyclic amines) is 1. The Kier molecular flexibility index (Phi) is 5.14. The van der Waals surface area contributed by atoms with E-state index in [1.807, 2.05) is 0 Å². The number of methoxy groups -OCH3 is 1. The molecule has 6 nitrogen and oxygen atoms in total. The van der Waals surface area contributed by atoms with E-state index in [-0.39, 0.29) is 17.7 Å². The first kappa shape index (κ1) is 16.0. The second-order valence-electron chi connectivity index (χ2n) is 5.36. The van der Waals surface area contributed by atoms with Crippen LogP contribution in [-0.4, -0.2) is 42.9 Å².